The van der Waals surface area contributed by atoms with Gasteiger partial charge < -0.3 is 14.5 Å². The number of rotatable bonds is 8. The Morgan fingerprint density at radius 1 is 0.453 bits per heavy atom. The molecule has 75 heavy (non-hydrogen) atoms. The molecule has 366 valence electrons. The van der Waals surface area contributed by atoms with E-state index < -0.39 is 0 Å². The highest BCUT2D eigenvalue weighted by molar-refractivity contribution is 6.10. The minimum absolute atomic E-state index is 0.0487. The van der Waals surface area contributed by atoms with Gasteiger partial charge in [-0.15, -0.1) is 0 Å². The number of fused-ring (bicyclic) bond motifs is 7. The summed E-state index contributed by atoms with van der Waals surface area (Å²) >= 11 is 0. The number of hydrogen-bond donors (Lipinski definition) is 0. The SMILES string of the molecule is CC(C)(C)c1cc(-c2ccccc2)c(N2CN(c3cccc(Oc4ccc5c6ccc(C(C)(C)C)cc6n(-c6cc(C7(C)c8ccccc8-c8ccccc87)ccn6)c5c4)c3)c3ccccc32)c(-c2ccccc2)c1. The normalized spacial score (nSPS) is 13.8. The highest BCUT2D eigenvalue weighted by Crippen LogP contribution is 2.54. The molecule has 3 heterocycles. The lowest BCUT2D eigenvalue weighted by atomic mass is 9.74. The van der Waals surface area contributed by atoms with Crippen molar-refractivity contribution in [3.8, 4) is 50.7 Å². The molecule has 1 aliphatic carbocycles. The van der Waals surface area contributed by atoms with Crippen molar-refractivity contribution in [2.75, 3.05) is 16.5 Å². The van der Waals surface area contributed by atoms with E-state index >= 15 is 0 Å². The van der Waals surface area contributed by atoms with Gasteiger partial charge >= 0.3 is 0 Å². The second-order valence-corrected chi connectivity index (χ2v) is 22.6. The van der Waals surface area contributed by atoms with Crippen LogP contribution >= 0.6 is 0 Å². The summed E-state index contributed by atoms with van der Waals surface area (Å²) in [5.74, 6) is 2.39. The van der Waals surface area contributed by atoms with Crippen molar-refractivity contribution in [3.05, 3.63) is 252 Å². The lowest BCUT2D eigenvalue weighted by Crippen LogP contribution is -2.25. The van der Waals surface area contributed by atoms with Crippen LogP contribution in [0.3, 0.4) is 0 Å². The molecule has 0 spiro atoms. The summed E-state index contributed by atoms with van der Waals surface area (Å²) in [7, 11) is 0. The average molecular weight is 973 g/mol. The zero-order valence-electron chi connectivity index (χ0n) is 43.8. The molecule has 0 bridgehead atoms. The van der Waals surface area contributed by atoms with Crippen molar-refractivity contribution in [1.82, 2.24) is 9.55 Å². The molecule has 0 saturated heterocycles. The van der Waals surface area contributed by atoms with E-state index in [1.54, 1.807) is 0 Å². The first-order valence-corrected chi connectivity index (χ1v) is 26.3. The zero-order chi connectivity index (χ0) is 51.2. The number of anilines is 4. The average Bonchev–Trinajstić information content (AvgIpc) is 4.06. The van der Waals surface area contributed by atoms with E-state index in [0.717, 1.165) is 50.8 Å². The van der Waals surface area contributed by atoms with Crippen LogP contribution in [-0.4, -0.2) is 16.2 Å². The molecule has 0 unspecified atom stereocenters. The number of aromatic nitrogens is 2. The molecule has 0 radical (unpaired) electrons. The van der Waals surface area contributed by atoms with Crippen LogP contribution < -0.4 is 14.5 Å². The molecule has 2 aliphatic rings. The van der Waals surface area contributed by atoms with Crippen LogP contribution in [0.15, 0.2) is 225 Å². The third-order valence-corrected chi connectivity index (χ3v) is 15.9. The van der Waals surface area contributed by atoms with Gasteiger partial charge in [-0.3, -0.25) is 4.57 Å². The minimum atomic E-state index is -0.363. The van der Waals surface area contributed by atoms with Gasteiger partial charge in [-0.05, 0) is 135 Å². The summed E-state index contributed by atoms with van der Waals surface area (Å²) in [4.78, 5) is 10.1. The van der Waals surface area contributed by atoms with Crippen molar-refractivity contribution in [1.29, 1.82) is 0 Å². The number of ether oxygens (including phenoxy) is 1. The van der Waals surface area contributed by atoms with Crippen molar-refractivity contribution in [3.63, 3.8) is 0 Å². The molecule has 11 aromatic rings. The van der Waals surface area contributed by atoms with Gasteiger partial charge in [0.25, 0.3) is 0 Å². The second kappa shape index (κ2) is 17.5. The van der Waals surface area contributed by atoms with Gasteiger partial charge in [0.1, 0.15) is 24.0 Å². The van der Waals surface area contributed by atoms with Crippen molar-refractivity contribution >= 4 is 44.6 Å². The third kappa shape index (κ3) is 7.71. The number of pyridine rings is 1. The summed E-state index contributed by atoms with van der Waals surface area (Å²) < 4.78 is 9.32. The first-order chi connectivity index (χ1) is 36.3. The van der Waals surface area contributed by atoms with Crippen molar-refractivity contribution in [2.45, 2.75) is 64.7 Å². The maximum atomic E-state index is 6.98. The van der Waals surface area contributed by atoms with Crippen molar-refractivity contribution in [2.24, 2.45) is 0 Å². The van der Waals surface area contributed by atoms with Gasteiger partial charge in [0.15, 0.2) is 0 Å². The Hall–Kier alpha value is -8.67. The molecule has 0 saturated carbocycles. The molecule has 0 atom stereocenters. The summed E-state index contributed by atoms with van der Waals surface area (Å²) in [5.41, 5.74) is 20.0. The highest BCUT2D eigenvalue weighted by atomic mass is 16.5. The van der Waals surface area contributed by atoms with Gasteiger partial charge in [0.05, 0.1) is 28.1 Å². The lowest BCUT2D eigenvalue weighted by molar-refractivity contribution is 0.483. The maximum Gasteiger partial charge on any atom is 0.137 e. The smallest absolute Gasteiger partial charge is 0.137 e. The number of nitrogens with zero attached hydrogens (tertiary/aromatic N) is 4. The Morgan fingerprint density at radius 2 is 1.00 bits per heavy atom. The number of hydrogen-bond acceptors (Lipinski definition) is 4. The van der Waals surface area contributed by atoms with Crippen LogP contribution in [0.4, 0.5) is 22.7 Å². The van der Waals surface area contributed by atoms with Gasteiger partial charge in [0.2, 0.25) is 0 Å². The first kappa shape index (κ1) is 46.1. The molecule has 0 fully saturated rings. The molecular formula is C70H60N4O. The Labute approximate surface area is 441 Å². The summed E-state index contributed by atoms with van der Waals surface area (Å²) in [6, 6.07) is 79.6. The van der Waals surface area contributed by atoms with Gasteiger partial charge in [-0.2, -0.15) is 0 Å². The molecule has 13 rings (SSSR count). The van der Waals surface area contributed by atoms with Crippen LogP contribution in [0.25, 0.3) is 61.0 Å². The Balaban J connectivity index is 0.903. The standard InChI is InChI=1S/C70H60N4O/c1-68(2,3)48-33-35-56-57-36-34-53(44-65(57)74(64(56)41-48)66-42-49(37-38-71-66)70(7)60-29-16-14-27-54(60)55-28-15-17-30-61(55)70)75-52-26-20-25-51(43-52)72-45-73(63-32-19-18-31-62(63)72)67-58(46-21-10-8-11-22-46)39-50(69(4,5)6)40-59(67)47-23-12-9-13-24-47/h8-44H,45H2,1-7H3. The molecule has 2 aromatic heterocycles. The van der Waals surface area contributed by atoms with Crippen LogP contribution in [0.5, 0.6) is 11.5 Å². The fourth-order valence-corrected chi connectivity index (χ4v) is 11.9. The van der Waals surface area contributed by atoms with E-state index in [4.69, 9.17) is 9.72 Å². The predicted molar refractivity (Wildman–Crippen MR) is 313 cm³/mol. The molecule has 5 heteroatoms. The quantitative estimate of drug-likeness (QED) is 0.152. The molecule has 0 N–H and O–H groups in total. The fraction of sp³-hybridized carbons (Fsp3) is 0.157. The maximum absolute atomic E-state index is 6.98. The Morgan fingerprint density at radius 3 is 1.63 bits per heavy atom. The summed E-state index contributed by atoms with van der Waals surface area (Å²) in [6.07, 6.45) is 1.99. The van der Waals surface area contributed by atoms with Crippen LogP contribution in [0.2, 0.25) is 0 Å². The monoisotopic (exact) mass is 972 g/mol. The third-order valence-electron chi connectivity index (χ3n) is 15.9. The molecular weight excluding hydrogens is 913 g/mol. The minimum Gasteiger partial charge on any atom is -0.457 e. The highest BCUT2D eigenvalue weighted by Gasteiger charge is 2.41. The van der Waals surface area contributed by atoms with E-state index in [0.29, 0.717) is 6.67 Å². The number of benzene rings is 9. The lowest BCUT2D eigenvalue weighted by Gasteiger charge is -2.30. The van der Waals surface area contributed by atoms with Crippen LogP contribution in [0, 0.1) is 0 Å². The van der Waals surface area contributed by atoms with E-state index in [-0.39, 0.29) is 16.2 Å². The molecule has 0 amide bonds. The first-order valence-electron chi connectivity index (χ1n) is 26.3. The second-order valence-electron chi connectivity index (χ2n) is 22.6. The molecule has 5 nitrogen and oxygen atoms in total. The zero-order valence-corrected chi connectivity index (χ0v) is 43.8. The molecule has 1 aliphatic heterocycles. The van der Waals surface area contributed by atoms with E-state index in [9.17, 15) is 0 Å². The topological polar surface area (TPSA) is 33.5 Å². The predicted octanol–water partition coefficient (Wildman–Crippen LogP) is 18.5. The number of para-hydroxylation sites is 2. The van der Waals surface area contributed by atoms with Crippen molar-refractivity contribution < 1.29 is 4.74 Å². The summed E-state index contributed by atoms with van der Waals surface area (Å²) in [6.45, 7) is 16.7. The summed E-state index contributed by atoms with van der Waals surface area (Å²) in [5, 5.41) is 2.33. The van der Waals surface area contributed by atoms with E-state index in [1.807, 2.05) is 6.20 Å². The van der Waals surface area contributed by atoms with Gasteiger partial charge in [-0.25, -0.2) is 4.98 Å². The van der Waals surface area contributed by atoms with Gasteiger partial charge in [-0.1, -0.05) is 181 Å². The van der Waals surface area contributed by atoms with Crippen LogP contribution in [0.1, 0.15) is 76.3 Å². The van der Waals surface area contributed by atoms with Crippen LogP contribution in [-0.2, 0) is 16.2 Å². The Bertz CT molecular complexity index is 3900. The van der Waals surface area contributed by atoms with E-state index in [2.05, 4.69) is 281 Å². The van der Waals surface area contributed by atoms with E-state index in [1.165, 1.54) is 72.3 Å². The fourth-order valence-electron chi connectivity index (χ4n) is 11.9. The Kier molecular flexibility index (Phi) is 10.8. The molecule has 9 aromatic carbocycles. The van der Waals surface area contributed by atoms with Gasteiger partial charge in [0, 0.05) is 51.3 Å². The largest absolute Gasteiger partial charge is 0.457 e.